The van der Waals surface area contributed by atoms with E-state index >= 15 is 0 Å². The summed E-state index contributed by atoms with van der Waals surface area (Å²) in [6.07, 6.45) is 3.65. The molecule has 1 aliphatic heterocycles. The third kappa shape index (κ3) is 2.38. The van der Waals surface area contributed by atoms with Crippen LogP contribution < -0.4 is 5.32 Å². The molecule has 0 bridgehead atoms. The molecule has 0 spiro atoms. The number of aromatic nitrogens is 2. The highest BCUT2D eigenvalue weighted by atomic mass is 19.1. The molecule has 2 aromatic heterocycles. The van der Waals surface area contributed by atoms with Gasteiger partial charge in [-0.2, -0.15) is 0 Å². The molecule has 124 valence electrons. The summed E-state index contributed by atoms with van der Waals surface area (Å²) in [7, 11) is 0. The second kappa shape index (κ2) is 5.47. The zero-order chi connectivity index (χ0) is 16.8. The molecule has 0 radical (unpaired) electrons. The van der Waals surface area contributed by atoms with Gasteiger partial charge in [0.1, 0.15) is 5.82 Å². The van der Waals surface area contributed by atoms with Crippen LogP contribution in [-0.2, 0) is 13.0 Å². The molecule has 1 atom stereocenters. The van der Waals surface area contributed by atoms with Crippen LogP contribution in [-0.4, -0.2) is 21.5 Å². The number of halogens is 1. The van der Waals surface area contributed by atoms with Crippen molar-refractivity contribution in [3.8, 4) is 0 Å². The van der Waals surface area contributed by atoms with Crippen LogP contribution in [0.3, 0.4) is 0 Å². The van der Waals surface area contributed by atoms with E-state index in [-0.39, 0.29) is 23.3 Å². The first-order valence-corrected chi connectivity index (χ1v) is 8.04. The SMILES string of the molecule is Cc1cn2c(n1)CC[C@@H](NC(=O)c1oc3c(F)cccc3c1C)C2. The average molecular weight is 327 g/mol. The summed E-state index contributed by atoms with van der Waals surface area (Å²) in [5.41, 5.74) is 1.79. The Morgan fingerprint density at radius 1 is 1.42 bits per heavy atom. The summed E-state index contributed by atoms with van der Waals surface area (Å²) in [6.45, 7) is 4.43. The van der Waals surface area contributed by atoms with Gasteiger partial charge in [-0.05, 0) is 26.3 Å². The summed E-state index contributed by atoms with van der Waals surface area (Å²) in [5, 5.41) is 3.64. The number of benzene rings is 1. The number of hydrogen-bond acceptors (Lipinski definition) is 3. The largest absolute Gasteiger partial charge is 0.448 e. The summed E-state index contributed by atoms with van der Waals surface area (Å²) >= 11 is 0. The van der Waals surface area contributed by atoms with Crippen LogP contribution in [0.2, 0.25) is 0 Å². The first-order valence-electron chi connectivity index (χ1n) is 8.04. The fraction of sp³-hybridized carbons (Fsp3) is 0.333. The molecule has 1 aliphatic rings. The molecule has 0 saturated heterocycles. The first-order chi connectivity index (χ1) is 11.5. The molecule has 1 N–H and O–H groups in total. The Kier molecular flexibility index (Phi) is 3.40. The van der Waals surface area contributed by atoms with Gasteiger partial charge in [-0.3, -0.25) is 4.79 Å². The predicted octanol–water partition coefficient (Wildman–Crippen LogP) is 3.13. The lowest BCUT2D eigenvalue weighted by Gasteiger charge is -2.24. The number of aryl methyl sites for hydroxylation is 3. The van der Waals surface area contributed by atoms with Crippen LogP contribution in [0.1, 0.15) is 34.1 Å². The molecule has 0 fully saturated rings. The lowest BCUT2D eigenvalue weighted by molar-refractivity contribution is 0.0900. The van der Waals surface area contributed by atoms with Gasteiger partial charge >= 0.3 is 0 Å². The van der Waals surface area contributed by atoms with Crippen molar-refractivity contribution in [3.05, 3.63) is 53.1 Å². The topological polar surface area (TPSA) is 60.1 Å². The second-order valence-corrected chi connectivity index (χ2v) is 6.33. The van der Waals surface area contributed by atoms with Crippen molar-refractivity contribution in [2.45, 2.75) is 39.3 Å². The van der Waals surface area contributed by atoms with E-state index in [0.717, 1.165) is 24.4 Å². The van der Waals surface area contributed by atoms with Crippen LogP contribution in [0.15, 0.2) is 28.8 Å². The normalized spacial score (nSPS) is 17.0. The predicted molar refractivity (Wildman–Crippen MR) is 87.4 cm³/mol. The lowest BCUT2D eigenvalue weighted by Crippen LogP contribution is -2.41. The van der Waals surface area contributed by atoms with E-state index in [2.05, 4.69) is 14.9 Å². The van der Waals surface area contributed by atoms with Gasteiger partial charge in [0.05, 0.1) is 5.69 Å². The number of hydrogen-bond donors (Lipinski definition) is 1. The average Bonchev–Trinajstić information content (AvgIpc) is 3.08. The maximum absolute atomic E-state index is 13.8. The second-order valence-electron chi connectivity index (χ2n) is 6.33. The van der Waals surface area contributed by atoms with Crippen LogP contribution in [0.25, 0.3) is 11.0 Å². The maximum Gasteiger partial charge on any atom is 0.287 e. The molecule has 0 unspecified atom stereocenters. The number of imidazole rings is 1. The zero-order valence-electron chi connectivity index (χ0n) is 13.6. The Bertz CT molecular complexity index is 941. The number of carbonyl (C=O) groups excluding carboxylic acids is 1. The van der Waals surface area contributed by atoms with Crippen LogP contribution in [0.4, 0.5) is 4.39 Å². The van der Waals surface area contributed by atoms with Gasteiger partial charge in [0.2, 0.25) is 0 Å². The van der Waals surface area contributed by atoms with Crippen molar-refractivity contribution in [2.24, 2.45) is 0 Å². The number of fused-ring (bicyclic) bond motifs is 2. The summed E-state index contributed by atoms with van der Waals surface area (Å²) in [5.74, 6) is 0.488. The maximum atomic E-state index is 13.8. The molecule has 5 nitrogen and oxygen atoms in total. The minimum Gasteiger partial charge on any atom is -0.448 e. The van der Waals surface area contributed by atoms with E-state index in [9.17, 15) is 9.18 Å². The Balaban J connectivity index is 1.57. The molecule has 1 amide bonds. The van der Waals surface area contributed by atoms with Crippen molar-refractivity contribution in [1.29, 1.82) is 0 Å². The third-order valence-electron chi connectivity index (χ3n) is 4.57. The highest BCUT2D eigenvalue weighted by Gasteiger charge is 2.25. The number of nitrogens with zero attached hydrogens (tertiary/aromatic N) is 2. The fourth-order valence-corrected chi connectivity index (χ4v) is 3.38. The van der Waals surface area contributed by atoms with Crippen molar-refractivity contribution in [1.82, 2.24) is 14.9 Å². The molecule has 4 rings (SSSR count). The smallest absolute Gasteiger partial charge is 0.287 e. The van der Waals surface area contributed by atoms with Gasteiger partial charge in [-0.25, -0.2) is 9.37 Å². The number of rotatable bonds is 2. The summed E-state index contributed by atoms with van der Waals surface area (Å²) in [4.78, 5) is 17.0. The number of nitrogens with one attached hydrogen (secondary N) is 1. The van der Waals surface area contributed by atoms with E-state index in [4.69, 9.17) is 4.42 Å². The molecular formula is C18H18FN3O2. The van der Waals surface area contributed by atoms with Gasteiger partial charge in [-0.15, -0.1) is 0 Å². The number of furan rings is 1. The van der Waals surface area contributed by atoms with Crippen molar-refractivity contribution in [3.63, 3.8) is 0 Å². The highest BCUT2D eigenvalue weighted by Crippen LogP contribution is 2.27. The van der Waals surface area contributed by atoms with E-state index in [0.29, 0.717) is 17.5 Å². The van der Waals surface area contributed by atoms with Crippen molar-refractivity contribution in [2.75, 3.05) is 0 Å². The van der Waals surface area contributed by atoms with Crippen molar-refractivity contribution < 1.29 is 13.6 Å². The number of para-hydroxylation sites is 1. The Hall–Kier alpha value is -2.63. The number of amides is 1. The van der Waals surface area contributed by atoms with Crippen LogP contribution in [0, 0.1) is 19.7 Å². The number of carbonyl (C=O) groups is 1. The first kappa shape index (κ1) is 14.9. The van der Waals surface area contributed by atoms with Crippen molar-refractivity contribution >= 4 is 16.9 Å². The Labute approximate surface area is 138 Å². The molecule has 1 aromatic carbocycles. The molecule has 0 aliphatic carbocycles. The van der Waals surface area contributed by atoms with E-state index in [1.165, 1.54) is 6.07 Å². The lowest BCUT2D eigenvalue weighted by atomic mass is 10.1. The van der Waals surface area contributed by atoms with Crippen LogP contribution >= 0.6 is 0 Å². The quantitative estimate of drug-likeness (QED) is 0.787. The molecular weight excluding hydrogens is 309 g/mol. The van der Waals surface area contributed by atoms with E-state index in [1.54, 1.807) is 19.1 Å². The van der Waals surface area contributed by atoms with Crippen LogP contribution in [0.5, 0.6) is 0 Å². The molecule has 0 saturated carbocycles. The van der Waals surface area contributed by atoms with Gasteiger partial charge in [-0.1, -0.05) is 12.1 Å². The Morgan fingerprint density at radius 3 is 3.04 bits per heavy atom. The molecule has 24 heavy (non-hydrogen) atoms. The molecule has 3 aromatic rings. The van der Waals surface area contributed by atoms with E-state index < -0.39 is 5.82 Å². The Morgan fingerprint density at radius 2 is 2.25 bits per heavy atom. The van der Waals surface area contributed by atoms with Gasteiger partial charge < -0.3 is 14.3 Å². The minimum atomic E-state index is -0.453. The van der Waals surface area contributed by atoms with Gasteiger partial charge in [0.25, 0.3) is 5.91 Å². The molecule has 3 heterocycles. The van der Waals surface area contributed by atoms with Gasteiger partial charge in [0, 0.05) is 36.2 Å². The molecule has 6 heteroatoms. The fourth-order valence-electron chi connectivity index (χ4n) is 3.38. The summed E-state index contributed by atoms with van der Waals surface area (Å²) in [6, 6.07) is 4.72. The standard InChI is InChI=1S/C18H18FN3O2/c1-10-8-22-9-12(6-7-15(22)20-10)21-18(23)16-11(2)13-4-3-5-14(19)17(13)24-16/h3-5,8,12H,6-7,9H2,1-2H3,(H,21,23)/t12-/m1/s1. The van der Waals surface area contributed by atoms with E-state index in [1.807, 2.05) is 13.1 Å². The zero-order valence-corrected chi connectivity index (χ0v) is 13.6. The monoisotopic (exact) mass is 327 g/mol. The van der Waals surface area contributed by atoms with Gasteiger partial charge in [0.15, 0.2) is 17.2 Å². The third-order valence-corrected chi connectivity index (χ3v) is 4.57. The highest BCUT2D eigenvalue weighted by molar-refractivity contribution is 5.99. The summed E-state index contributed by atoms with van der Waals surface area (Å²) < 4.78 is 21.4. The minimum absolute atomic E-state index is 0.0102.